The number of carbonyl (C=O) groups excluding carboxylic acids is 1. The summed E-state index contributed by atoms with van der Waals surface area (Å²) >= 11 is 2.31. The van der Waals surface area contributed by atoms with Crippen molar-refractivity contribution in [1.82, 2.24) is 0 Å². The van der Waals surface area contributed by atoms with Crippen LogP contribution >= 0.6 is 22.6 Å². The number of hydrogen-bond acceptors (Lipinski definition) is 1. The summed E-state index contributed by atoms with van der Waals surface area (Å²) in [5, 5.41) is 0. The van der Waals surface area contributed by atoms with Gasteiger partial charge in [-0.3, -0.25) is 4.79 Å². The molecule has 1 atom stereocenters. The van der Waals surface area contributed by atoms with Crippen molar-refractivity contribution in [3.8, 4) is 0 Å². The molecule has 0 saturated heterocycles. The van der Waals surface area contributed by atoms with Gasteiger partial charge in [0.1, 0.15) is 0 Å². The SMILES string of the molecule is CC1(CI)C(=O)N(Cc2ccccc2)c2ccccc21. The van der Waals surface area contributed by atoms with Crippen LogP contribution in [0.3, 0.4) is 0 Å². The van der Waals surface area contributed by atoms with Gasteiger partial charge in [0, 0.05) is 10.1 Å². The maximum Gasteiger partial charge on any atom is 0.238 e. The molecule has 0 N–H and O–H groups in total. The normalized spacial score (nSPS) is 21.1. The molecule has 3 heteroatoms. The van der Waals surface area contributed by atoms with Gasteiger partial charge in [0.25, 0.3) is 0 Å². The van der Waals surface area contributed by atoms with E-state index in [0.717, 1.165) is 21.2 Å². The molecule has 0 aromatic heterocycles. The van der Waals surface area contributed by atoms with Crippen molar-refractivity contribution in [3.05, 3.63) is 65.7 Å². The van der Waals surface area contributed by atoms with Gasteiger partial charge in [0.15, 0.2) is 0 Å². The minimum atomic E-state index is -0.397. The van der Waals surface area contributed by atoms with Gasteiger partial charge >= 0.3 is 0 Å². The summed E-state index contributed by atoms with van der Waals surface area (Å²) in [7, 11) is 0. The van der Waals surface area contributed by atoms with E-state index in [9.17, 15) is 4.79 Å². The van der Waals surface area contributed by atoms with Gasteiger partial charge in [-0.2, -0.15) is 0 Å². The van der Waals surface area contributed by atoms with Gasteiger partial charge in [-0.1, -0.05) is 71.1 Å². The van der Waals surface area contributed by atoms with Crippen molar-refractivity contribution < 1.29 is 4.79 Å². The molecular formula is C17H16INO. The largest absolute Gasteiger partial charge is 0.307 e. The van der Waals surface area contributed by atoms with E-state index < -0.39 is 5.41 Å². The number of anilines is 1. The Morgan fingerprint density at radius 3 is 2.40 bits per heavy atom. The van der Waals surface area contributed by atoms with Crippen LogP contribution in [-0.2, 0) is 16.8 Å². The van der Waals surface area contributed by atoms with Crippen molar-refractivity contribution in [2.24, 2.45) is 0 Å². The fourth-order valence-corrected chi connectivity index (χ4v) is 3.49. The molecule has 0 spiro atoms. The van der Waals surface area contributed by atoms with Crippen molar-refractivity contribution in [3.63, 3.8) is 0 Å². The first-order chi connectivity index (χ1) is 9.66. The first-order valence-corrected chi connectivity index (χ1v) is 8.21. The Morgan fingerprint density at radius 2 is 1.70 bits per heavy atom. The lowest BCUT2D eigenvalue weighted by atomic mass is 9.86. The van der Waals surface area contributed by atoms with Crippen molar-refractivity contribution >= 4 is 34.2 Å². The second-order valence-corrected chi connectivity index (χ2v) is 6.12. The highest BCUT2D eigenvalue weighted by Gasteiger charge is 2.46. The summed E-state index contributed by atoms with van der Waals surface area (Å²) in [4.78, 5) is 14.8. The first-order valence-electron chi connectivity index (χ1n) is 6.68. The van der Waals surface area contributed by atoms with Gasteiger partial charge in [0.05, 0.1) is 12.0 Å². The average molecular weight is 377 g/mol. The smallest absolute Gasteiger partial charge is 0.238 e. The standard InChI is InChI=1S/C17H16INO/c1-17(12-18)14-9-5-6-10-15(14)19(16(17)20)11-13-7-3-2-4-8-13/h2-10H,11-12H2,1H3. The van der Waals surface area contributed by atoms with Crippen LogP contribution in [0.4, 0.5) is 5.69 Å². The lowest BCUT2D eigenvalue weighted by Gasteiger charge is -2.22. The van der Waals surface area contributed by atoms with Crippen LogP contribution in [0.5, 0.6) is 0 Å². The highest BCUT2D eigenvalue weighted by molar-refractivity contribution is 14.1. The molecule has 0 aliphatic carbocycles. The topological polar surface area (TPSA) is 20.3 Å². The maximum absolute atomic E-state index is 12.8. The molecule has 2 nitrogen and oxygen atoms in total. The van der Waals surface area contributed by atoms with Crippen molar-refractivity contribution in [2.75, 3.05) is 9.33 Å². The van der Waals surface area contributed by atoms with Gasteiger partial charge in [-0.15, -0.1) is 0 Å². The van der Waals surface area contributed by atoms with E-state index in [-0.39, 0.29) is 5.91 Å². The summed E-state index contributed by atoms with van der Waals surface area (Å²) in [6, 6.07) is 18.3. The van der Waals surface area contributed by atoms with Gasteiger partial charge in [-0.25, -0.2) is 0 Å². The van der Waals surface area contributed by atoms with Crippen LogP contribution in [-0.4, -0.2) is 10.3 Å². The molecule has 0 bridgehead atoms. The number of fused-ring (bicyclic) bond motifs is 1. The highest BCUT2D eigenvalue weighted by atomic mass is 127. The number of alkyl halides is 1. The molecular weight excluding hydrogens is 361 g/mol. The van der Waals surface area contributed by atoms with Gasteiger partial charge in [0.2, 0.25) is 5.91 Å². The zero-order chi connectivity index (χ0) is 14.2. The number of halogens is 1. The third-order valence-corrected chi connectivity index (χ3v) is 5.48. The summed E-state index contributed by atoms with van der Waals surface area (Å²) in [6.45, 7) is 2.69. The Bertz CT molecular complexity index is 640. The second-order valence-electron chi connectivity index (χ2n) is 5.36. The second kappa shape index (κ2) is 5.20. The molecule has 2 aromatic carbocycles. The zero-order valence-corrected chi connectivity index (χ0v) is 13.5. The number of rotatable bonds is 3. The maximum atomic E-state index is 12.8. The highest BCUT2D eigenvalue weighted by Crippen LogP contribution is 2.43. The lowest BCUT2D eigenvalue weighted by molar-refractivity contribution is -0.122. The summed E-state index contributed by atoms with van der Waals surface area (Å²) < 4.78 is 0.798. The Balaban J connectivity index is 2.03. The third kappa shape index (κ3) is 2.04. The van der Waals surface area contributed by atoms with E-state index in [1.165, 1.54) is 0 Å². The number of carbonyl (C=O) groups is 1. The van der Waals surface area contributed by atoms with Crippen LogP contribution < -0.4 is 4.90 Å². The molecule has 2 aromatic rings. The van der Waals surface area contributed by atoms with Crippen molar-refractivity contribution in [2.45, 2.75) is 18.9 Å². The van der Waals surface area contributed by atoms with Crippen LogP contribution in [0.25, 0.3) is 0 Å². The number of nitrogens with zero attached hydrogens (tertiary/aromatic N) is 1. The van der Waals surface area contributed by atoms with E-state index in [1.54, 1.807) is 0 Å². The number of amides is 1. The lowest BCUT2D eigenvalue weighted by Crippen LogP contribution is -2.39. The molecule has 0 saturated carbocycles. The van der Waals surface area contributed by atoms with E-state index in [4.69, 9.17) is 0 Å². The van der Waals surface area contributed by atoms with Gasteiger partial charge in [-0.05, 0) is 24.1 Å². The number of hydrogen-bond donors (Lipinski definition) is 0. The Hall–Kier alpha value is -1.36. The monoisotopic (exact) mass is 377 g/mol. The minimum absolute atomic E-state index is 0.206. The van der Waals surface area contributed by atoms with Crippen LogP contribution in [0.1, 0.15) is 18.1 Å². The van der Waals surface area contributed by atoms with Crippen LogP contribution in [0.2, 0.25) is 0 Å². The van der Waals surface area contributed by atoms with Crippen molar-refractivity contribution in [1.29, 1.82) is 0 Å². The predicted molar refractivity (Wildman–Crippen MR) is 90.3 cm³/mol. The molecule has 1 unspecified atom stereocenters. The van der Waals surface area contributed by atoms with E-state index >= 15 is 0 Å². The predicted octanol–water partition coefficient (Wildman–Crippen LogP) is 3.93. The van der Waals surface area contributed by atoms with Crippen LogP contribution in [0, 0.1) is 0 Å². The quantitative estimate of drug-likeness (QED) is 0.587. The Kier molecular flexibility index (Phi) is 3.54. The molecule has 1 amide bonds. The fraction of sp³-hybridized carbons (Fsp3) is 0.235. The summed E-state index contributed by atoms with van der Waals surface area (Å²) in [5.74, 6) is 0.206. The summed E-state index contributed by atoms with van der Waals surface area (Å²) in [5.41, 5.74) is 2.97. The Morgan fingerprint density at radius 1 is 1.05 bits per heavy atom. The summed E-state index contributed by atoms with van der Waals surface area (Å²) in [6.07, 6.45) is 0. The number of benzene rings is 2. The van der Waals surface area contributed by atoms with Gasteiger partial charge < -0.3 is 4.90 Å². The average Bonchev–Trinajstić information content (AvgIpc) is 2.72. The Labute approximate surface area is 132 Å². The van der Waals surface area contributed by atoms with E-state index in [1.807, 2.05) is 48.2 Å². The van der Waals surface area contributed by atoms with E-state index in [0.29, 0.717) is 6.54 Å². The fourth-order valence-electron chi connectivity index (χ4n) is 2.75. The molecule has 1 aliphatic heterocycles. The van der Waals surface area contributed by atoms with E-state index in [2.05, 4.69) is 40.8 Å². The minimum Gasteiger partial charge on any atom is -0.307 e. The molecule has 0 fully saturated rings. The number of para-hydroxylation sites is 1. The van der Waals surface area contributed by atoms with Crippen LogP contribution in [0.15, 0.2) is 54.6 Å². The first kappa shape index (κ1) is 13.6. The third-order valence-electron chi connectivity index (χ3n) is 3.96. The molecule has 20 heavy (non-hydrogen) atoms. The zero-order valence-electron chi connectivity index (χ0n) is 11.3. The molecule has 1 aliphatic rings. The molecule has 102 valence electrons. The molecule has 0 radical (unpaired) electrons. The molecule has 1 heterocycles. The molecule has 3 rings (SSSR count).